The molecule has 6 heteroatoms. The Morgan fingerprint density at radius 1 is 1.47 bits per heavy atom. The van der Waals surface area contributed by atoms with E-state index in [2.05, 4.69) is 10.6 Å². The van der Waals surface area contributed by atoms with Gasteiger partial charge in [-0.25, -0.2) is 8.42 Å². The average molecular weight is 234 g/mol. The highest BCUT2D eigenvalue weighted by Crippen LogP contribution is 2.15. The summed E-state index contributed by atoms with van der Waals surface area (Å²) in [5.41, 5.74) is 0. The summed E-state index contributed by atoms with van der Waals surface area (Å²) >= 11 is 0. The first kappa shape index (κ1) is 12.4. The molecule has 1 saturated heterocycles. The van der Waals surface area contributed by atoms with E-state index in [4.69, 9.17) is 0 Å². The summed E-state index contributed by atoms with van der Waals surface area (Å²) in [6.45, 7) is 4.44. The first-order valence-corrected chi connectivity index (χ1v) is 6.85. The van der Waals surface area contributed by atoms with Crippen LogP contribution in [-0.4, -0.2) is 44.5 Å². The van der Waals surface area contributed by atoms with Crippen LogP contribution >= 0.6 is 0 Å². The van der Waals surface area contributed by atoms with E-state index >= 15 is 0 Å². The van der Waals surface area contributed by atoms with Gasteiger partial charge in [0.15, 0.2) is 9.84 Å². The lowest BCUT2D eigenvalue weighted by Crippen LogP contribution is -2.51. The second-order valence-electron chi connectivity index (χ2n) is 4.45. The van der Waals surface area contributed by atoms with E-state index in [1.165, 1.54) is 13.8 Å². The van der Waals surface area contributed by atoms with Crippen LogP contribution in [-0.2, 0) is 14.6 Å². The smallest absolute Gasteiger partial charge is 0.241 e. The fourth-order valence-corrected chi connectivity index (χ4v) is 1.70. The number of hydrogen-bond donors (Lipinski definition) is 2. The highest BCUT2D eigenvalue weighted by molar-refractivity contribution is 7.92. The van der Waals surface area contributed by atoms with Gasteiger partial charge in [-0.05, 0) is 26.8 Å². The third-order valence-electron chi connectivity index (χ3n) is 2.87. The molecular weight excluding hydrogens is 216 g/mol. The van der Waals surface area contributed by atoms with E-state index in [1.807, 2.05) is 0 Å². The zero-order valence-electron chi connectivity index (χ0n) is 9.33. The molecule has 5 nitrogen and oxygen atoms in total. The predicted molar refractivity (Wildman–Crippen MR) is 58.3 cm³/mol. The van der Waals surface area contributed by atoms with Crippen LogP contribution < -0.4 is 10.6 Å². The molecule has 0 aromatic rings. The molecule has 0 spiro atoms. The van der Waals surface area contributed by atoms with Crippen molar-refractivity contribution in [1.29, 1.82) is 0 Å². The topological polar surface area (TPSA) is 75.3 Å². The van der Waals surface area contributed by atoms with Crippen molar-refractivity contribution in [3.05, 3.63) is 0 Å². The summed E-state index contributed by atoms with van der Waals surface area (Å²) in [5, 5.41) is 5.85. The summed E-state index contributed by atoms with van der Waals surface area (Å²) in [5.74, 6) is -0.418. The molecular formula is C9H18N2O3S. The maximum Gasteiger partial charge on any atom is 0.241 e. The van der Waals surface area contributed by atoms with Crippen LogP contribution in [0.15, 0.2) is 0 Å². The molecule has 1 heterocycles. The Bertz CT molecular complexity index is 342. The van der Waals surface area contributed by atoms with Crippen LogP contribution in [0.4, 0.5) is 0 Å². The Morgan fingerprint density at radius 2 is 2.07 bits per heavy atom. The average Bonchev–Trinajstić information content (AvgIpc) is 2.54. The molecule has 1 aliphatic heterocycles. The van der Waals surface area contributed by atoms with Crippen molar-refractivity contribution in [1.82, 2.24) is 10.6 Å². The molecule has 1 atom stereocenters. The van der Waals surface area contributed by atoms with Crippen LogP contribution in [0.2, 0.25) is 0 Å². The van der Waals surface area contributed by atoms with Gasteiger partial charge >= 0.3 is 0 Å². The number of carbonyl (C=O) groups is 1. The van der Waals surface area contributed by atoms with Gasteiger partial charge in [0.1, 0.15) is 4.75 Å². The maximum absolute atomic E-state index is 11.7. The summed E-state index contributed by atoms with van der Waals surface area (Å²) < 4.78 is 21.4. The van der Waals surface area contributed by atoms with Crippen molar-refractivity contribution in [2.75, 3.05) is 19.3 Å². The second-order valence-corrected chi connectivity index (χ2v) is 7.01. The molecule has 0 radical (unpaired) electrons. The SMILES string of the molecule is CC(C)(C(=O)N[C@H]1CCNC1)S(C)(=O)=O. The zero-order chi connectivity index (χ0) is 11.7. The highest BCUT2D eigenvalue weighted by Gasteiger charge is 2.39. The van der Waals surface area contributed by atoms with Crippen molar-refractivity contribution in [3.8, 4) is 0 Å². The quantitative estimate of drug-likeness (QED) is 0.676. The Balaban J connectivity index is 2.67. The van der Waals surface area contributed by atoms with E-state index in [9.17, 15) is 13.2 Å². The lowest BCUT2D eigenvalue weighted by atomic mass is 10.1. The number of nitrogens with one attached hydrogen (secondary N) is 2. The molecule has 1 amide bonds. The number of carbonyl (C=O) groups excluding carboxylic acids is 1. The minimum Gasteiger partial charge on any atom is -0.351 e. The Morgan fingerprint density at radius 3 is 2.47 bits per heavy atom. The van der Waals surface area contributed by atoms with E-state index in [1.54, 1.807) is 0 Å². The van der Waals surface area contributed by atoms with Gasteiger partial charge < -0.3 is 10.6 Å². The molecule has 1 rings (SSSR count). The van der Waals surface area contributed by atoms with E-state index in [-0.39, 0.29) is 6.04 Å². The summed E-state index contributed by atoms with van der Waals surface area (Å²) in [7, 11) is -3.38. The van der Waals surface area contributed by atoms with Crippen LogP contribution in [0.1, 0.15) is 20.3 Å². The van der Waals surface area contributed by atoms with E-state index in [0.29, 0.717) is 6.54 Å². The molecule has 0 aromatic heterocycles. The van der Waals surface area contributed by atoms with E-state index < -0.39 is 20.5 Å². The van der Waals surface area contributed by atoms with E-state index in [0.717, 1.165) is 19.2 Å². The molecule has 0 bridgehead atoms. The normalized spacial score (nSPS) is 22.7. The minimum absolute atomic E-state index is 0.0542. The molecule has 0 aromatic carbocycles. The fourth-order valence-electron chi connectivity index (χ4n) is 1.31. The standard InChI is InChI=1S/C9H18N2O3S/c1-9(2,15(3,13)14)8(12)11-7-4-5-10-6-7/h7,10H,4-6H2,1-3H3,(H,11,12)/t7-/m0/s1. The summed E-state index contributed by atoms with van der Waals surface area (Å²) in [6.07, 6.45) is 1.94. The lowest BCUT2D eigenvalue weighted by Gasteiger charge is -2.23. The number of hydrogen-bond acceptors (Lipinski definition) is 4. The van der Waals surface area contributed by atoms with Crippen LogP contribution in [0.5, 0.6) is 0 Å². The Hall–Kier alpha value is -0.620. The Kier molecular flexibility index (Phi) is 3.40. The fraction of sp³-hybridized carbons (Fsp3) is 0.889. The van der Waals surface area contributed by atoms with Crippen molar-refractivity contribution in [2.24, 2.45) is 0 Å². The number of rotatable bonds is 3. The van der Waals surface area contributed by atoms with Gasteiger partial charge in [0.25, 0.3) is 0 Å². The van der Waals surface area contributed by atoms with Crippen molar-refractivity contribution in [3.63, 3.8) is 0 Å². The zero-order valence-corrected chi connectivity index (χ0v) is 10.1. The summed E-state index contributed by atoms with van der Waals surface area (Å²) in [6, 6.07) is 0.0542. The molecule has 1 fully saturated rings. The van der Waals surface area contributed by atoms with Crippen LogP contribution in [0.25, 0.3) is 0 Å². The van der Waals surface area contributed by atoms with Gasteiger partial charge in [-0.2, -0.15) is 0 Å². The van der Waals surface area contributed by atoms with Gasteiger partial charge in [-0.1, -0.05) is 0 Å². The van der Waals surface area contributed by atoms with Gasteiger partial charge in [0.05, 0.1) is 0 Å². The van der Waals surface area contributed by atoms with Gasteiger partial charge in [0.2, 0.25) is 5.91 Å². The summed E-state index contributed by atoms with van der Waals surface area (Å²) in [4.78, 5) is 11.7. The number of sulfone groups is 1. The molecule has 0 aliphatic carbocycles. The van der Waals surface area contributed by atoms with Crippen LogP contribution in [0.3, 0.4) is 0 Å². The highest BCUT2D eigenvalue weighted by atomic mass is 32.2. The van der Waals surface area contributed by atoms with Crippen LogP contribution in [0, 0.1) is 0 Å². The predicted octanol–water partition coefficient (Wildman–Crippen LogP) is -0.712. The van der Waals surface area contributed by atoms with Gasteiger partial charge in [-0.3, -0.25) is 4.79 Å². The third-order valence-corrected chi connectivity index (χ3v) is 4.91. The molecule has 0 unspecified atom stereocenters. The largest absolute Gasteiger partial charge is 0.351 e. The molecule has 15 heavy (non-hydrogen) atoms. The van der Waals surface area contributed by atoms with Crippen molar-refractivity contribution >= 4 is 15.7 Å². The molecule has 0 saturated carbocycles. The maximum atomic E-state index is 11.7. The second kappa shape index (κ2) is 4.09. The van der Waals surface area contributed by atoms with Gasteiger partial charge in [-0.15, -0.1) is 0 Å². The van der Waals surface area contributed by atoms with Crippen molar-refractivity contribution < 1.29 is 13.2 Å². The third kappa shape index (κ3) is 2.69. The van der Waals surface area contributed by atoms with Crippen molar-refractivity contribution in [2.45, 2.75) is 31.1 Å². The monoisotopic (exact) mass is 234 g/mol. The minimum atomic E-state index is -3.38. The molecule has 88 valence electrons. The molecule has 2 N–H and O–H groups in total. The van der Waals surface area contributed by atoms with Gasteiger partial charge in [0, 0.05) is 18.8 Å². The molecule has 1 aliphatic rings. The first-order valence-electron chi connectivity index (χ1n) is 4.96. The Labute approximate surface area is 90.5 Å². The lowest BCUT2D eigenvalue weighted by molar-refractivity contribution is -0.123. The first-order chi connectivity index (χ1) is 6.75. The number of amides is 1.